The number of carbonyl (C=O) groups excluding carboxylic acids is 2. The number of ketones is 1. The van der Waals surface area contributed by atoms with Crippen molar-refractivity contribution in [2.45, 2.75) is 0 Å². The number of rotatable bonds is 5. The number of carbonyl (C=O) groups is 3. The minimum absolute atomic E-state index is 0.160. The molecule has 0 unspecified atom stereocenters. The number of benzene rings is 1. The van der Waals surface area contributed by atoms with Gasteiger partial charge in [0.2, 0.25) is 5.91 Å². The Hall–Kier alpha value is -2.43. The summed E-state index contributed by atoms with van der Waals surface area (Å²) in [5, 5.41) is 10.6. The van der Waals surface area contributed by atoms with Gasteiger partial charge in [-0.2, -0.15) is 0 Å². The Bertz CT molecular complexity index is 451. The van der Waals surface area contributed by atoms with Gasteiger partial charge in [-0.1, -0.05) is 30.3 Å². The minimum atomic E-state index is -1.21. The number of carboxylic acids is 1. The number of hydrogen-bond donors (Lipinski definition) is 2. The molecule has 1 rings (SSSR count). The molecule has 5 heteroatoms. The van der Waals surface area contributed by atoms with Crippen molar-refractivity contribution in [1.29, 1.82) is 0 Å². The van der Waals surface area contributed by atoms with E-state index in [2.05, 4.69) is 5.32 Å². The average Bonchev–Trinajstić information content (AvgIpc) is 2.34. The van der Waals surface area contributed by atoms with E-state index < -0.39 is 11.9 Å². The van der Waals surface area contributed by atoms with Gasteiger partial charge in [0.1, 0.15) is 0 Å². The molecule has 0 aliphatic heterocycles. The molecule has 5 nitrogen and oxygen atoms in total. The Kier molecular flexibility index (Phi) is 4.62. The van der Waals surface area contributed by atoms with Gasteiger partial charge in [0, 0.05) is 17.7 Å². The molecule has 0 atom stereocenters. The topological polar surface area (TPSA) is 83.5 Å². The van der Waals surface area contributed by atoms with Crippen LogP contribution in [0.15, 0.2) is 42.5 Å². The maximum Gasteiger partial charge on any atom is 0.328 e. The fraction of sp³-hybridized carbons (Fsp3) is 0.0833. The third-order valence-electron chi connectivity index (χ3n) is 1.90. The SMILES string of the molecule is O=C(O)/C=C\C(=O)NCC(=O)c1ccccc1. The minimum Gasteiger partial charge on any atom is -0.478 e. The summed E-state index contributed by atoms with van der Waals surface area (Å²) in [5.41, 5.74) is 0.495. The van der Waals surface area contributed by atoms with Crippen molar-refractivity contribution < 1.29 is 19.5 Å². The number of aliphatic carboxylic acids is 1. The van der Waals surface area contributed by atoms with Crippen LogP contribution in [-0.4, -0.2) is 29.3 Å². The van der Waals surface area contributed by atoms with Crippen LogP contribution in [0.5, 0.6) is 0 Å². The summed E-state index contributed by atoms with van der Waals surface area (Å²) in [5.74, 6) is -2.06. The molecule has 17 heavy (non-hydrogen) atoms. The van der Waals surface area contributed by atoms with E-state index in [1.54, 1.807) is 30.3 Å². The van der Waals surface area contributed by atoms with E-state index in [0.717, 1.165) is 6.08 Å². The lowest BCUT2D eigenvalue weighted by Crippen LogP contribution is -2.28. The van der Waals surface area contributed by atoms with E-state index in [9.17, 15) is 14.4 Å². The Morgan fingerprint density at radius 2 is 1.76 bits per heavy atom. The molecule has 0 saturated heterocycles. The summed E-state index contributed by atoms with van der Waals surface area (Å²) in [4.78, 5) is 32.7. The first kappa shape index (κ1) is 12.6. The zero-order chi connectivity index (χ0) is 12.7. The average molecular weight is 233 g/mol. The second-order valence-corrected chi connectivity index (χ2v) is 3.18. The molecular weight excluding hydrogens is 222 g/mol. The van der Waals surface area contributed by atoms with E-state index in [0.29, 0.717) is 11.6 Å². The Labute approximate surface area is 97.8 Å². The predicted octanol–water partition coefficient (Wildman–Crippen LogP) is 0.626. The molecule has 2 N–H and O–H groups in total. The number of amides is 1. The maximum atomic E-state index is 11.5. The van der Waals surface area contributed by atoms with E-state index in [-0.39, 0.29) is 12.3 Å². The van der Waals surface area contributed by atoms with Crippen molar-refractivity contribution >= 4 is 17.7 Å². The molecule has 0 saturated carbocycles. The lowest BCUT2D eigenvalue weighted by Gasteiger charge is -2.01. The highest BCUT2D eigenvalue weighted by atomic mass is 16.4. The number of Topliss-reactive ketones (excluding diaryl/α,β-unsaturated/α-hetero) is 1. The van der Waals surface area contributed by atoms with Gasteiger partial charge in [0.25, 0.3) is 0 Å². The lowest BCUT2D eigenvalue weighted by atomic mass is 10.1. The summed E-state index contributed by atoms with van der Waals surface area (Å²) in [6.45, 7) is -0.160. The first-order valence-corrected chi connectivity index (χ1v) is 4.86. The molecule has 0 fully saturated rings. The quantitative estimate of drug-likeness (QED) is 0.577. The highest BCUT2D eigenvalue weighted by molar-refractivity contribution is 6.01. The van der Waals surface area contributed by atoms with E-state index in [1.807, 2.05) is 0 Å². The molecule has 0 aliphatic carbocycles. The zero-order valence-corrected chi connectivity index (χ0v) is 8.92. The van der Waals surface area contributed by atoms with E-state index in [4.69, 9.17) is 5.11 Å². The summed E-state index contributed by atoms with van der Waals surface area (Å²) >= 11 is 0. The van der Waals surface area contributed by atoms with Crippen molar-refractivity contribution in [3.05, 3.63) is 48.0 Å². The highest BCUT2D eigenvalue weighted by Crippen LogP contribution is 1.98. The highest BCUT2D eigenvalue weighted by Gasteiger charge is 2.05. The van der Waals surface area contributed by atoms with Crippen LogP contribution in [-0.2, 0) is 9.59 Å². The predicted molar refractivity (Wildman–Crippen MR) is 60.6 cm³/mol. The molecule has 0 aromatic heterocycles. The van der Waals surface area contributed by atoms with Crippen LogP contribution in [0.1, 0.15) is 10.4 Å². The van der Waals surface area contributed by atoms with Gasteiger partial charge in [-0.25, -0.2) is 4.79 Å². The third-order valence-corrected chi connectivity index (χ3v) is 1.90. The monoisotopic (exact) mass is 233 g/mol. The van der Waals surface area contributed by atoms with Gasteiger partial charge in [-0.15, -0.1) is 0 Å². The van der Waals surface area contributed by atoms with Crippen molar-refractivity contribution in [3.63, 3.8) is 0 Å². The Morgan fingerprint density at radius 3 is 2.35 bits per heavy atom. The Balaban J connectivity index is 2.44. The summed E-state index contributed by atoms with van der Waals surface area (Å²) in [7, 11) is 0. The molecule has 0 heterocycles. The van der Waals surface area contributed by atoms with Crippen LogP contribution in [0.4, 0.5) is 0 Å². The molecule has 0 aliphatic rings. The van der Waals surface area contributed by atoms with Gasteiger partial charge in [-0.05, 0) is 0 Å². The van der Waals surface area contributed by atoms with Crippen molar-refractivity contribution in [3.8, 4) is 0 Å². The molecule has 1 amide bonds. The summed E-state index contributed by atoms with van der Waals surface area (Å²) < 4.78 is 0. The van der Waals surface area contributed by atoms with Crippen molar-refractivity contribution in [2.75, 3.05) is 6.54 Å². The van der Waals surface area contributed by atoms with Crippen LogP contribution in [0.25, 0.3) is 0 Å². The smallest absolute Gasteiger partial charge is 0.328 e. The number of carboxylic acid groups (broad SMARTS) is 1. The first-order valence-electron chi connectivity index (χ1n) is 4.86. The fourth-order valence-electron chi connectivity index (χ4n) is 1.10. The van der Waals surface area contributed by atoms with Crippen molar-refractivity contribution in [2.24, 2.45) is 0 Å². The zero-order valence-electron chi connectivity index (χ0n) is 8.92. The van der Waals surface area contributed by atoms with Crippen LogP contribution in [0.3, 0.4) is 0 Å². The molecule has 0 spiro atoms. The second-order valence-electron chi connectivity index (χ2n) is 3.18. The Morgan fingerprint density at radius 1 is 1.12 bits per heavy atom. The van der Waals surface area contributed by atoms with Crippen molar-refractivity contribution in [1.82, 2.24) is 5.32 Å². The van der Waals surface area contributed by atoms with Crippen LogP contribution in [0.2, 0.25) is 0 Å². The molecule has 1 aromatic rings. The third kappa shape index (κ3) is 4.74. The number of hydrogen-bond acceptors (Lipinski definition) is 3. The summed E-state index contributed by atoms with van der Waals surface area (Å²) in [6.07, 6.45) is 1.57. The molecular formula is C12H11NO4. The molecule has 1 aromatic carbocycles. The second kappa shape index (κ2) is 6.22. The van der Waals surface area contributed by atoms with Crippen LogP contribution >= 0.6 is 0 Å². The van der Waals surface area contributed by atoms with Gasteiger partial charge >= 0.3 is 5.97 Å². The fourth-order valence-corrected chi connectivity index (χ4v) is 1.10. The van der Waals surface area contributed by atoms with E-state index >= 15 is 0 Å². The van der Waals surface area contributed by atoms with Gasteiger partial charge < -0.3 is 10.4 Å². The largest absolute Gasteiger partial charge is 0.478 e. The van der Waals surface area contributed by atoms with Crippen LogP contribution in [0, 0.1) is 0 Å². The standard InChI is InChI=1S/C12H11NO4/c14-10(9-4-2-1-3-5-9)8-13-11(15)6-7-12(16)17/h1-7H,8H2,(H,13,15)(H,16,17)/b7-6-. The van der Waals surface area contributed by atoms with Gasteiger partial charge in [0.05, 0.1) is 6.54 Å². The molecule has 88 valence electrons. The van der Waals surface area contributed by atoms with Gasteiger partial charge in [-0.3, -0.25) is 9.59 Å². The van der Waals surface area contributed by atoms with Crippen LogP contribution < -0.4 is 5.32 Å². The maximum absolute atomic E-state index is 11.5. The normalized spacial score (nSPS) is 10.1. The van der Waals surface area contributed by atoms with Gasteiger partial charge in [0.15, 0.2) is 5.78 Å². The molecule has 0 bridgehead atoms. The first-order chi connectivity index (χ1) is 8.09. The molecule has 0 radical (unpaired) electrons. The summed E-state index contributed by atoms with van der Waals surface area (Å²) in [6, 6.07) is 8.51. The van der Waals surface area contributed by atoms with E-state index in [1.165, 1.54) is 0 Å². The number of nitrogens with one attached hydrogen (secondary N) is 1. The lowest BCUT2D eigenvalue weighted by molar-refractivity contribution is -0.131.